The molecule has 1 aliphatic rings. The molecular weight excluding hydrogens is 378 g/mol. The highest BCUT2D eigenvalue weighted by molar-refractivity contribution is 7.89. The fourth-order valence-electron chi connectivity index (χ4n) is 3.19. The second-order valence-corrected chi connectivity index (χ2v) is 8.61. The standard InChI is InChI=1S/C20H19N3O4S/c1-14(24)15-6-8-17(9-7-15)28(25,26)23-11-10-16(13-23)27-20-12-21-18-4-2-3-5-19(18)22-20/h2-9,12,16H,10-11,13H2,1H3. The summed E-state index contributed by atoms with van der Waals surface area (Å²) in [6, 6.07) is 13.5. The smallest absolute Gasteiger partial charge is 0.243 e. The van der Waals surface area contributed by atoms with Gasteiger partial charge in [-0.3, -0.25) is 4.79 Å². The number of fused-ring (bicyclic) bond motifs is 1. The SMILES string of the molecule is CC(=O)c1ccc(S(=O)(=O)N2CCC(Oc3cnc4ccccc4n3)C2)cc1. The summed E-state index contributed by atoms with van der Waals surface area (Å²) in [6.45, 7) is 2.05. The van der Waals surface area contributed by atoms with Gasteiger partial charge in [-0.05, 0) is 37.6 Å². The van der Waals surface area contributed by atoms with Gasteiger partial charge in [0, 0.05) is 12.1 Å². The van der Waals surface area contributed by atoms with E-state index in [1.165, 1.54) is 35.5 Å². The maximum absolute atomic E-state index is 12.8. The summed E-state index contributed by atoms with van der Waals surface area (Å²) >= 11 is 0. The molecule has 0 spiro atoms. The van der Waals surface area contributed by atoms with Crippen molar-refractivity contribution < 1.29 is 17.9 Å². The summed E-state index contributed by atoms with van der Waals surface area (Å²) in [5, 5.41) is 0. The van der Waals surface area contributed by atoms with Crippen molar-refractivity contribution >= 4 is 26.8 Å². The summed E-state index contributed by atoms with van der Waals surface area (Å²) in [5.41, 5.74) is 1.99. The van der Waals surface area contributed by atoms with Crippen LogP contribution in [-0.2, 0) is 10.0 Å². The van der Waals surface area contributed by atoms with Gasteiger partial charge < -0.3 is 4.74 Å². The van der Waals surface area contributed by atoms with Crippen LogP contribution in [0.25, 0.3) is 11.0 Å². The topological polar surface area (TPSA) is 89.5 Å². The maximum atomic E-state index is 12.8. The van der Waals surface area contributed by atoms with E-state index in [1.54, 1.807) is 6.20 Å². The van der Waals surface area contributed by atoms with Crippen LogP contribution in [0.15, 0.2) is 59.6 Å². The molecule has 0 aliphatic carbocycles. The first-order valence-electron chi connectivity index (χ1n) is 8.93. The molecule has 0 bridgehead atoms. The number of ketones is 1. The molecule has 2 heterocycles. The van der Waals surface area contributed by atoms with Crippen LogP contribution >= 0.6 is 0 Å². The van der Waals surface area contributed by atoms with Crippen LogP contribution in [0.2, 0.25) is 0 Å². The average molecular weight is 397 g/mol. The number of hydrogen-bond acceptors (Lipinski definition) is 6. The summed E-state index contributed by atoms with van der Waals surface area (Å²) in [6.07, 6.45) is 1.83. The van der Waals surface area contributed by atoms with Gasteiger partial charge in [0.2, 0.25) is 15.9 Å². The maximum Gasteiger partial charge on any atom is 0.243 e. The molecule has 0 N–H and O–H groups in total. The number of nitrogens with zero attached hydrogens (tertiary/aromatic N) is 3. The summed E-state index contributed by atoms with van der Waals surface area (Å²) in [5.74, 6) is 0.281. The summed E-state index contributed by atoms with van der Waals surface area (Å²) in [7, 11) is -3.64. The Hall–Kier alpha value is -2.84. The number of benzene rings is 2. The zero-order valence-electron chi connectivity index (χ0n) is 15.3. The molecule has 4 rings (SSSR count). The highest BCUT2D eigenvalue weighted by Crippen LogP contribution is 2.24. The minimum absolute atomic E-state index is 0.102. The highest BCUT2D eigenvalue weighted by atomic mass is 32.2. The van der Waals surface area contributed by atoms with Crippen LogP contribution in [0.4, 0.5) is 0 Å². The Morgan fingerprint density at radius 1 is 1.11 bits per heavy atom. The van der Waals surface area contributed by atoms with Crippen molar-refractivity contribution in [3.63, 3.8) is 0 Å². The first-order valence-corrected chi connectivity index (χ1v) is 10.4. The molecule has 1 atom stereocenters. The fourth-order valence-corrected chi connectivity index (χ4v) is 4.68. The second-order valence-electron chi connectivity index (χ2n) is 6.67. The minimum atomic E-state index is -3.64. The van der Waals surface area contributed by atoms with Gasteiger partial charge in [0.1, 0.15) is 6.10 Å². The molecule has 8 heteroatoms. The average Bonchev–Trinajstić information content (AvgIpc) is 3.17. The van der Waals surface area contributed by atoms with E-state index >= 15 is 0 Å². The van der Waals surface area contributed by atoms with E-state index < -0.39 is 10.0 Å². The molecule has 1 aliphatic heterocycles. The molecule has 1 aromatic heterocycles. The molecule has 28 heavy (non-hydrogen) atoms. The van der Waals surface area contributed by atoms with E-state index in [-0.39, 0.29) is 23.3 Å². The lowest BCUT2D eigenvalue weighted by Gasteiger charge is -2.17. The zero-order chi connectivity index (χ0) is 19.7. The Kier molecular flexibility index (Phi) is 4.82. The van der Waals surface area contributed by atoms with Gasteiger partial charge in [-0.25, -0.2) is 18.4 Å². The molecule has 0 saturated carbocycles. The highest BCUT2D eigenvalue weighted by Gasteiger charge is 2.34. The van der Waals surface area contributed by atoms with Crippen LogP contribution in [-0.4, -0.2) is 47.7 Å². The number of Topliss-reactive ketones (excluding diaryl/α,β-unsaturated/α-hetero) is 1. The Balaban J connectivity index is 1.47. The normalized spacial score (nSPS) is 17.7. The van der Waals surface area contributed by atoms with E-state index in [4.69, 9.17) is 4.74 Å². The number of carbonyl (C=O) groups is 1. The molecule has 1 saturated heterocycles. The van der Waals surface area contributed by atoms with Gasteiger partial charge in [-0.2, -0.15) is 4.31 Å². The number of rotatable bonds is 5. The molecule has 3 aromatic rings. The van der Waals surface area contributed by atoms with Crippen molar-refractivity contribution in [1.29, 1.82) is 0 Å². The predicted molar refractivity (Wildman–Crippen MR) is 104 cm³/mol. The van der Waals surface area contributed by atoms with Crippen molar-refractivity contribution in [1.82, 2.24) is 14.3 Å². The van der Waals surface area contributed by atoms with Gasteiger partial charge in [0.15, 0.2) is 5.78 Å². The third-order valence-corrected chi connectivity index (χ3v) is 6.60. The van der Waals surface area contributed by atoms with Gasteiger partial charge in [0.25, 0.3) is 0 Å². The molecule has 0 amide bonds. The molecule has 144 valence electrons. The number of hydrogen-bond donors (Lipinski definition) is 0. The number of ether oxygens (including phenoxy) is 1. The Bertz CT molecular complexity index is 1130. The van der Waals surface area contributed by atoms with Gasteiger partial charge in [-0.15, -0.1) is 0 Å². The lowest BCUT2D eigenvalue weighted by Crippen LogP contribution is -2.31. The molecule has 7 nitrogen and oxygen atoms in total. The van der Waals surface area contributed by atoms with Crippen LogP contribution in [0.3, 0.4) is 0 Å². The van der Waals surface area contributed by atoms with Crippen LogP contribution in [0.5, 0.6) is 5.88 Å². The first-order chi connectivity index (χ1) is 13.4. The molecular formula is C20H19N3O4S. The van der Waals surface area contributed by atoms with Crippen LogP contribution < -0.4 is 4.74 Å². The van der Waals surface area contributed by atoms with Crippen LogP contribution in [0.1, 0.15) is 23.7 Å². The Labute approximate surface area is 163 Å². The van der Waals surface area contributed by atoms with E-state index in [0.717, 1.165) is 11.0 Å². The zero-order valence-corrected chi connectivity index (χ0v) is 16.1. The van der Waals surface area contributed by atoms with Crippen molar-refractivity contribution in [3.8, 4) is 5.88 Å². The number of para-hydroxylation sites is 2. The Morgan fingerprint density at radius 3 is 2.54 bits per heavy atom. The first kappa shape index (κ1) is 18.5. The molecule has 1 fully saturated rings. The summed E-state index contributed by atoms with van der Waals surface area (Å²) < 4.78 is 33.0. The van der Waals surface area contributed by atoms with Crippen molar-refractivity contribution in [2.75, 3.05) is 13.1 Å². The monoisotopic (exact) mass is 397 g/mol. The van der Waals surface area contributed by atoms with Crippen LogP contribution in [0, 0.1) is 0 Å². The number of carbonyl (C=O) groups excluding carboxylic acids is 1. The molecule has 1 unspecified atom stereocenters. The van der Waals surface area contributed by atoms with E-state index in [0.29, 0.717) is 24.4 Å². The third kappa shape index (κ3) is 3.61. The van der Waals surface area contributed by atoms with E-state index in [1.807, 2.05) is 24.3 Å². The second kappa shape index (κ2) is 7.29. The van der Waals surface area contributed by atoms with Crippen molar-refractivity contribution in [2.45, 2.75) is 24.3 Å². The predicted octanol–water partition coefficient (Wildman–Crippen LogP) is 2.67. The lowest BCUT2D eigenvalue weighted by molar-refractivity contribution is 0.101. The number of sulfonamides is 1. The lowest BCUT2D eigenvalue weighted by atomic mass is 10.2. The van der Waals surface area contributed by atoms with Gasteiger partial charge in [-0.1, -0.05) is 24.3 Å². The van der Waals surface area contributed by atoms with Gasteiger partial charge >= 0.3 is 0 Å². The minimum Gasteiger partial charge on any atom is -0.472 e. The number of aromatic nitrogens is 2. The summed E-state index contributed by atoms with van der Waals surface area (Å²) in [4.78, 5) is 20.3. The third-order valence-electron chi connectivity index (χ3n) is 4.72. The largest absolute Gasteiger partial charge is 0.472 e. The quantitative estimate of drug-likeness (QED) is 0.615. The Morgan fingerprint density at radius 2 is 1.82 bits per heavy atom. The van der Waals surface area contributed by atoms with E-state index in [9.17, 15) is 13.2 Å². The van der Waals surface area contributed by atoms with Crippen molar-refractivity contribution in [3.05, 3.63) is 60.3 Å². The van der Waals surface area contributed by atoms with Gasteiger partial charge in [0.05, 0.1) is 28.7 Å². The molecule has 2 aromatic carbocycles. The fraction of sp³-hybridized carbons (Fsp3) is 0.250. The van der Waals surface area contributed by atoms with E-state index in [2.05, 4.69) is 9.97 Å². The molecule has 0 radical (unpaired) electrons. The van der Waals surface area contributed by atoms with Crippen molar-refractivity contribution in [2.24, 2.45) is 0 Å².